The SMILES string of the molecule is CN1CCCCC[C@@H]1C#Cc1ccccc1. The number of likely N-dealkylation sites (tertiary alicyclic amines) is 1. The van der Waals surface area contributed by atoms with Gasteiger partial charge in [0, 0.05) is 5.56 Å². The normalized spacial score (nSPS) is 21.9. The Bertz CT molecular complexity index is 371. The Morgan fingerprint density at radius 1 is 1.12 bits per heavy atom. The predicted octanol–water partition coefficient (Wildman–Crippen LogP) is 2.91. The van der Waals surface area contributed by atoms with Gasteiger partial charge in [0.2, 0.25) is 0 Å². The minimum Gasteiger partial charge on any atom is -0.293 e. The van der Waals surface area contributed by atoms with Gasteiger partial charge in [-0.1, -0.05) is 42.9 Å². The summed E-state index contributed by atoms with van der Waals surface area (Å²) in [4.78, 5) is 2.39. The zero-order chi connectivity index (χ0) is 11.2. The molecular weight excluding hydrogens is 194 g/mol. The summed E-state index contributed by atoms with van der Waals surface area (Å²) < 4.78 is 0. The molecule has 0 unspecified atom stereocenters. The molecule has 1 nitrogen and oxygen atoms in total. The summed E-state index contributed by atoms with van der Waals surface area (Å²) in [5.74, 6) is 6.68. The van der Waals surface area contributed by atoms with Gasteiger partial charge in [-0.05, 0) is 38.6 Å². The number of hydrogen-bond acceptors (Lipinski definition) is 1. The van der Waals surface area contributed by atoms with E-state index in [1.54, 1.807) is 0 Å². The van der Waals surface area contributed by atoms with Crippen LogP contribution in [0, 0.1) is 11.8 Å². The minimum atomic E-state index is 0.447. The fourth-order valence-electron chi connectivity index (χ4n) is 2.12. The van der Waals surface area contributed by atoms with E-state index in [0.29, 0.717) is 6.04 Å². The molecule has 0 saturated carbocycles. The molecule has 0 aromatic heterocycles. The average molecular weight is 213 g/mol. The monoisotopic (exact) mass is 213 g/mol. The van der Waals surface area contributed by atoms with E-state index in [-0.39, 0.29) is 0 Å². The molecule has 84 valence electrons. The molecule has 1 saturated heterocycles. The summed E-state index contributed by atoms with van der Waals surface area (Å²) in [6, 6.07) is 10.7. The highest BCUT2D eigenvalue weighted by molar-refractivity contribution is 5.34. The molecule has 1 atom stereocenters. The lowest BCUT2D eigenvalue weighted by Gasteiger charge is -2.20. The number of nitrogens with zero attached hydrogens (tertiary/aromatic N) is 1. The van der Waals surface area contributed by atoms with Gasteiger partial charge in [0.1, 0.15) is 0 Å². The molecule has 1 heteroatoms. The van der Waals surface area contributed by atoms with E-state index >= 15 is 0 Å². The van der Waals surface area contributed by atoms with Crippen molar-refractivity contribution in [3.05, 3.63) is 35.9 Å². The quantitative estimate of drug-likeness (QED) is 0.599. The van der Waals surface area contributed by atoms with E-state index in [1.165, 1.54) is 32.2 Å². The highest BCUT2D eigenvalue weighted by Gasteiger charge is 2.14. The second-order valence-corrected chi connectivity index (χ2v) is 4.48. The van der Waals surface area contributed by atoms with Crippen molar-refractivity contribution >= 4 is 0 Å². The molecule has 0 radical (unpaired) electrons. The lowest BCUT2D eigenvalue weighted by Crippen LogP contribution is -2.29. The summed E-state index contributed by atoms with van der Waals surface area (Å²) in [6.07, 6.45) is 5.21. The second-order valence-electron chi connectivity index (χ2n) is 4.48. The van der Waals surface area contributed by atoms with E-state index in [1.807, 2.05) is 18.2 Å². The van der Waals surface area contributed by atoms with Crippen LogP contribution in [0.3, 0.4) is 0 Å². The molecule has 16 heavy (non-hydrogen) atoms. The average Bonchev–Trinajstić information content (AvgIpc) is 2.53. The van der Waals surface area contributed by atoms with Crippen molar-refractivity contribution in [2.24, 2.45) is 0 Å². The third kappa shape index (κ3) is 3.12. The lowest BCUT2D eigenvalue weighted by molar-refractivity contribution is 0.297. The third-order valence-corrected chi connectivity index (χ3v) is 3.18. The van der Waals surface area contributed by atoms with E-state index in [9.17, 15) is 0 Å². The Labute approximate surface area is 98.5 Å². The van der Waals surface area contributed by atoms with Crippen LogP contribution in [0.4, 0.5) is 0 Å². The first-order valence-corrected chi connectivity index (χ1v) is 6.13. The van der Waals surface area contributed by atoms with Crippen molar-refractivity contribution < 1.29 is 0 Å². The van der Waals surface area contributed by atoms with Crippen molar-refractivity contribution in [1.29, 1.82) is 0 Å². The maximum Gasteiger partial charge on any atom is 0.0715 e. The highest BCUT2D eigenvalue weighted by atomic mass is 15.1. The molecule has 1 aliphatic heterocycles. The van der Waals surface area contributed by atoms with Crippen LogP contribution in [0.1, 0.15) is 31.2 Å². The summed E-state index contributed by atoms with van der Waals surface area (Å²) in [5, 5.41) is 0. The highest BCUT2D eigenvalue weighted by Crippen LogP contribution is 2.14. The molecule has 1 aliphatic rings. The summed E-state index contributed by atoms with van der Waals surface area (Å²) in [6.45, 7) is 1.19. The van der Waals surface area contributed by atoms with Crippen LogP contribution in [0.2, 0.25) is 0 Å². The van der Waals surface area contributed by atoms with Gasteiger partial charge in [0.05, 0.1) is 6.04 Å². The predicted molar refractivity (Wildman–Crippen MR) is 68.2 cm³/mol. The Balaban J connectivity index is 2.05. The Morgan fingerprint density at radius 3 is 2.75 bits per heavy atom. The second kappa shape index (κ2) is 5.72. The summed E-state index contributed by atoms with van der Waals surface area (Å²) >= 11 is 0. The van der Waals surface area contributed by atoms with Gasteiger partial charge in [-0.15, -0.1) is 0 Å². The fraction of sp³-hybridized carbons (Fsp3) is 0.467. The van der Waals surface area contributed by atoms with Crippen molar-refractivity contribution in [3.63, 3.8) is 0 Å². The van der Waals surface area contributed by atoms with Crippen LogP contribution in [0.25, 0.3) is 0 Å². The smallest absolute Gasteiger partial charge is 0.0715 e. The van der Waals surface area contributed by atoms with Crippen LogP contribution in [0.15, 0.2) is 30.3 Å². The summed E-state index contributed by atoms with van der Waals surface area (Å²) in [5.41, 5.74) is 1.13. The maximum atomic E-state index is 3.40. The van der Waals surface area contributed by atoms with Crippen LogP contribution < -0.4 is 0 Å². The van der Waals surface area contributed by atoms with E-state index in [4.69, 9.17) is 0 Å². The first-order valence-electron chi connectivity index (χ1n) is 6.13. The molecule has 2 rings (SSSR count). The van der Waals surface area contributed by atoms with Crippen LogP contribution in [0.5, 0.6) is 0 Å². The standard InChI is InChI=1S/C15H19N/c1-16-13-7-3-6-10-15(16)12-11-14-8-4-2-5-9-14/h2,4-5,8-9,15H,3,6-7,10,13H2,1H3/t15-/m1/s1. The Kier molecular flexibility index (Phi) is 4.02. The number of rotatable bonds is 0. The Hall–Kier alpha value is -1.26. The zero-order valence-electron chi connectivity index (χ0n) is 9.95. The minimum absolute atomic E-state index is 0.447. The van der Waals surface area contributed by atoms with Crippen molar-refractivity contribution in [2.75, 3.05) is 13.6 Å². The molecule has 0 N–H and O–H groups in total. The molecular formula is C15H19N. The Morgan fingerprint density at radius 2 is 1.94 bits per heavy atom. The maximum absolute atomic E-state index is 3.40. The van der Waals surface area contributed by atoms with E-state index in [0.717, 1.165) is 5.56 Å². The first kappa shape index (κ1) is 11.2. The fourth-order valence-corrected chi connectivity index (χ4v) is 2.12. The van der Waals surface area contributed by atoms with Gasteiger partial charge in [0.25, 0.3) is 0 Å². The molecule has 1 fully saturated rings. The van der Waals surface area contributed by atoms with Gasteiger partial charge in [-0.25, -0.2) is 0 Å². The van der Waals surface area contributed by atoms with Gasteiger partial charge < -0.3 is 0 Å². The van der Waals surface area contributed by atoms with Gasteiger partial charge in [-0.2, -0.15) is 0 Å². The molecule has 1 aromatic carbocycles. The van der Waals surface area contributed by atoms with E-state index < -0.39 is 0 Å². The van der Waals surface area contributed by atoms with Crippen molar-refractivity contribution in [1.82, 2.24) is 4.90 Å². The van der Waals surface area contributed by atoms with E-state index in [2.05, 4.69) is 35.9 Å². The molecule has 1 aromatic rings. The molecule has 0 bridgehead atoms. The van der Waals surface area contributed by atoms with Crippen molar-refractivity contribution in [3.8, 4) is 11.8 Å². The van der Waals surface area contributed by atoms with Gasteiger partial charge in [-0.3, -0.25) is 4.90 Å². The van der Waals surface area contributed by atoms with Crippen molar-refractivity contribution in [2.45, 2.75) is 31.7 Å². The topological polar surface area (TPSA) is 3.24 Å². The van der Waals surface area contributed by atoms with Crippen LogP contribution in [-0.2, 0) is 0 Å². The molecule has 0 aliphatic carbocycles. The zero-order valence-corrected chi connectivity index (χ0v) is 9.95. The number of benzene rings is 1. The molecule has 0 spiro atoms. The van der Waals surface area contributed by atoms with Crippen LogP contribution >= 0.6 is 0 Å². The van der Waals surface area contributed by atoms with Crippen LogP contribution in [-0.4, -0.2) is 24.5 Å². The lowest BCUT2D eigenvalue weighted by atomic mass is 10.1. The molecule has 0 amide bonds. The number of hydrogen-bond donors (Lipinski definition) is 0. The van der Waals surface area contributed by atoms with Gasteiger partial charge in [0.15, 0.2) is 0 Å². The van der Waals surface area contributed by atoms with Gasteiger partial charge >= 0.3 is 0 Å². The first-order chi connectivity index (χ1) is 7.86. The summed E-state index contributed by atoms with van der Waals surface area (Å²) in [7, 11) is 2.19. The third-order valence-electron chi connectivity index (χ3n) is 3.18. The molecule has 1 heterocycles. The largest absolute Gasteiger partial charge is 0.293 e.